The number of carbonyl (C=O) groups is 1. The topological polar surface area (TPSA) is 44.8 Å². The van der Waals surface area contributed by atoms with Crippen LogP contribution < -0.4 is 10.2 Å². The van der Waals surface area contributed by atoms with Gasteiger partial charge in [0.1, 0.15) is 0 Å². The molecule has 6 heteroatoms. The van der Waals surface area contributed by atoms with Gasteiger partial charge in [-0.05, 0) is 38.1 Å². The lowest BCUT2D eigenvalue weighted by Gasteiger charge is -2.30. The van der Waals surface area contributed by atoms with Gasteiger partial charge in [-0.2, -0.15) is 0 Å². The molecule has 2 aliphatic heterocycles. The highest BCUT2D eigenvalue weighted by Gasteiger charge is 2.18. The Labute approximate surface area is 148 Å². The Kier molecular flexibility index (Phi) is 6.40. The molecule has 0 radical (unpaired) electrons. The van der Waals surface area contributed by atoms with Gasteiger partial charge in [0.05, 0.1) is 18.9 Å². The number of carbonyl (C=O) groups excluding carboxylic acids is 1. The molecule has 1 N–H and O–H groups in total. The van der Waals surface area contributed by atoms with Crippen LogP contribution in [-0.4, -0.2) is 69.0 Å². The molecule has 0 bridgehead atoms. The van der Waals surface area contributed by atoms with Gasteiger partial charge in [-0.1, -0.05) is 0 Å². The molecule has 1 aromatic rings. The molecular weight excluding hydrogens is 322 g/mol. The summed E-state index contributed by atoms with van der Waals surface area (Å²) in [6.07, 6.45) is 0.980. The molecule has 1 aromatic carbocycles. The first kappa shape index (κ1) is 17.6. The quantitative estimate of drug-likeness (QED) is 0.797. The van der Waals surface area contributed by atoms with Crippen molar-refractivity contribution >= 4 is 23.4 Å². The molecule has 1 fully saturated rings. The average molecular weight is 350 g/mol. The van der Waals surface area contributed by atoms with Crippen LogP contribution in [0.2, 0.25) is 0 Å². The van der Waals surface area contributed by atoms with Gasteiger partial charge in [-0.25, -0.2) is 0 Å². The second-order valence-electron chi connectivity index (χ2n) is 6.17. The van der Waals surface area contributed by atoms with Crippen molar-refractivity contribution in [3.8, 4) is 0 Å². The highest BCUT2D eigenvalue weighted by atomic mass is 32.2. The van der Waals surface area contributed by atoms with Crippen LogP contribution in [0.15, 0.2) is 23.1 Å². The zero-order chi connectivity index (χ0) is 16.8. The lowest BCUT2D eigenvalue weighted by molar-refractivity contribution is 0.0374. The summed E-state index contributed by atoms with van der Waals surface area (Å²) in [7, 11) is 0. The van der Waals surface area contributed by atoms with Gasteiger partial charge in [-0.3, -0.25) is 9.69 Å². The van der Waals surface area contributed by atoms with Gasteiger partial charge in [0.2, 0.25) is 0 Å². The molecule has 3 rings (SSSR count). The van der Waals surface area contributed by atoms with Crippen molar-refractivity contribution in [2.45, 2.75) is 18.2 Å². The van der Waals surface area contributed by atoms with Gasteiger partial charge in [0.15, 0.2) is 0 Å². The van der Waals surface area contributed by atoms with Crippen molar-refractivity contribution in [1.82, 2.24) is 10.2 Å². The van der Waals surface area contributed by atoms with Crippen molar-refractivity contribution in [3.63, 3.8) is 0 Å². The molecule has 1 saturated heterocycles. The van der Waals surface area contributed by atoms with Crippen LogP contribution >= 0.6 is 11.8 Å². The van der Waals surface area contributed by atoms with E-state index in [4.69, 9.17) is 4.74 Å². The van der Waals surface area contributed by atoms with Gasteiger partial charge < -0.3 is 15.0 Å². The van der Waals surface area contributed by atoms with Crippen molar-refractivity contribution in [1.29, 1.82) is 0 Å². The first-order valence-corrected chi connectivity index (χ1v) is 9.86. The fourth-order valence-electron chi connectivity index (χ4n) is 3.17. The Morgan fingerprint density at radius 2 is 2.12 bits per heavy atom. The third kappa shape index (κ3) is 4.43. The number of thioether (sulfide) groups is 1. The Morgan fingerprint density at radius 1 is 1.29 bits per heavy atom. The van der Waals surface area contributed by atoms with Crippen molar-refractivity contribution < 1.29 is 9.53 Å². The predicted molar refractivity (Wildman–Crippen MR) is 99.3 cm³/mol. The lowest BCUT2D eigenvalue weighted by atomic mass is 10.1. The molecule has 2 aliphatic rings. The first-order valence-electron chi connectivity index (χ1n) is 8.88. The van der Waals surface area contributed by atoms with E-state index in [0.717, 1.165) is 70.2 Å². The molecule has 132 valence electrons. The number of rotatable bonds is 6. The Balaban J connectivity index is 1.49. The molecule has 5 nitrogen and oxygen atoms in total. The van der Waals surface area contributed by atoms with Crippen LogP contribution in [0.3, 0.4) is 0 Å². The second kappa shape index (κ2) is 8.74. The molecule has 0 spiro atoms. The standard InChI is InChI=1S/C18H27N3O2S/c1-2-21-10-13-24-17-5-4-15(14-16(17)21)18(22)19-6-3-7-20-8-11-23-12-9-20/h4-5,14H,2-3,6-13H2,1H3,(H,19,22). The Hall–Kier alpha value is -1.24. The van der Waals surface area contributed by atoms with E-state index >= 15 is 0 Å². The summed E-state index contributed by atoms with van der Waals surface area (Å²) in [6.45, 7) is 9.61. The Bertz CT molecular complexity index is 561. The SMILES string of the molecule is CCN1CCSc2ccc(C(=O)NCCCN3CCOCC3)cc21. The Morgan fingerprint density at radius 3 is 2.92 bits per heavy atom. The fraction of sp³-hybridized carbons (Fsp3) is 0.611. The summed E-state index contributed by atoms with van der Waals surface area (Å²) in [5.41, 5.74) is 1.97. The predicted octanol–water partition coefficient (Wildman–Crippen LogP) is 2.07. The van der Waals surface area contributed by atoms with Gasteiger partial charge in [0.25, 0.3) is 5.91 Å². The molecule has 0 saturated carbocycles. The molecule has 1 amide bonds. The first-order chi connectivity index (χ1) is 11.8. The zero-order valence-corrected chi connectivity index (χ0v) is 15.2. The third-order valence-corrected chi connectivity index (χ3v) is 5.65. The van der Waals surface area contributed by atoms with Crippen LogP contribution in [0.4, 0.5) is 5.69 Å². The van der Waals surface area contributed by atoms with Crippen LogP contribution in [0, 0.1) is 0 Å². The monoisotopic (exact) mass is 349 g/mol. The van der Waals surface area contributed by atoms with E-state index in [9.17, 15) is 4.79 Å². The van der Waals surface area contributed by atoms with E-state index in [1.165, 1.54) is 10.6 Å². The van der Waals surface area contributed by atoms with Crippen molar-refractivity contribution in [3.05, 3.63) is 23.8 Å². The molecule has 24 heavy (non-hydrogen) atoms. The second-order valence-corrected chi connectivity index (χ2v) is 7.31. The summed E-state index contributed by atoms with van der Waals surface area (Å²) in [4.78, 5) is 18.4. The van der Waals surface area contributed by atoms with Crippen LogP contribution in [0.25, 0.3) is 0 Å². The number of anilines is 1. The smallest absolute Gasteiger partial charge is 0.251 e. The van der Waals surface area contributed by atoms with Gasteiger partial charge in [-0.15, -0.1) is 11.8 Å². The molecule has 2 heterocycles. The number of benzene rings is 1. The maximum absolute atomic E-state index is 12.4. The highest BCUT2D eigenvalue weighted by molar-refractivity contribution is 7.99. The van der Waals surface area contributed by atoms with Crippen molar-refractivity contribution in [2.75, 3.05) is 63.1 Å². The summed E-state index contributed by atoms with van der Waals surface area (Å²) in [5, 5.41) is 3.06. The molecular formula is C18H27N3O2S. The van der Waals surface area contributed by atoms with Crippen LogP contribution in [-0.2, 0) is 4.74 Å². The minimum atomic E-state index is 0.0337. The molecule has 0 atom stereocenters. The van der Waals surface area contributed by atoms with Gasteiger partial charge in [0, 0.05) is 48.9 Å². The largest absolute Gasteiger partial charge is 0.379 e. The van der Waals surface area contributed by atoms with Crippen LogP contribution in [0.1, 0.15) is 23.7 Å². The maximum atomic E-state index is 12.4. The number of amides is 1. The summed E-state index contributed by atoms with van der Waals surface area (Å²) in [5.74, 6) is 1.15. The number of nitrogens with one attached hydrogen (secondary N) is 1. The third-order valence-electron chi connectivity index (χ3n) is 4.60. The summed E-state index contributed by atoms with van der Waals surface area (Å²) >= 11 is 1.88. The van der Waals surface area contributed by atoms with Crippen LogP contribution in [0.5, 0.6) is 0 Å². The van der Waals surface area contributed by atoms with Crippen molar-refractivity contribution in [2.24, 2.45) is 0 Å². The summed E-state index contributed by atoms with van der Waals surface area (Å²) < 4.78 is 5.35. The minimum Gasteiger partial charge on any atom is -0.379 e. The van der Waals surface area contributed by atoms with E-state index in [0.29, 0.717) is 0 Å². The molecule has 0 aliphatic carbocycles. The number of nitrogens with zero attached hydrogens (tertiary/aromatic N) is 2. The summed E-state index contributed by atoms with van der Waals surface area (Å²) in [6, 6.07) is 6.08. The number of hydrogen-bond acceptors (Lipinski definition) is 5. The number of fused-ring (bicyclic) bond motifs is 1. The zero-order valence-electron chi connectivity index (χ0n) is 14.4. The normalized spacial score (nSPS) is 18.3. The van der Waals surface area contributed by atoms with E-state index in [2.05, 4.69) is 28.1 Å². The van der Waals surface area contributed by atoms with E-state index in [1.54, 1.807) is 0 Å². The van der Waals surface area contributed by atoms with Gasteiger partial charge >= 0.3 is 0 Å². The van der Waals surface area contributed by atoms with E-state index < -0.39 is 0 Å². The number of ether oxygens (including phenoxy) is 1. The van der Waals surface area contributed by atoms with E-state index in [-0.39, 0.29) is 5.91 Å². The maximum Gasteiger partial charge on any atom is 0.251 e. The molecule has 0 aromatic heterocycles. The molecule has 0 unspecified atom stereocenters. The minimum absolute atomic E-state index is 0.0337. The number of morpholine rings is 1. The lowest BCUT2D eigenvalue weighted by Crippen LogP contribution is -2.38. The fourth-order valence-corrected chi connectivity index (χ4v) is 4.21. The highest BCUT2D eigenvalue weighted by Crippen LogP contribution is 2.35. The van der Waals surface area contributed by atoms with E-state index in [1.807, 2.05) is 23.9 Å². The number of hydrogen-bond donors (Lipinski definition) is 1. The average Bonchev–Trinajstić information content (AvgIpc) is 2.65.